The van der Waals surface area contributed by atoms with Gasteiger partial charge in [0.1, 0.15) is 12.7 Å². The maximum atomic E-state index is 10.3. The van der Waals surface area contributed by atoms with Gasteiger partial charge < -0.3 is 14.6 Å². The fourth-order valence-corrected chi connectivity index (χ4v) is 0.996. The summed E-state index contributed by atoms with van der Waals surface area (Å²) in [6, 6.07) is 0. The Morgan fingerprint density at radius 2 is 2.55 bits per heavy atom. The molecule has 0 aliphatic carbocycles. The standard InChI is InChI=1S/C7H12O4/c1-5(8)11-4-7-6(9)2-3-10-7/h6-7,9H,2-4H2,1H3/t6-,7-/m1/s1. The first kappa shape index (κ1) is 8.49. The predicted octanol–water partition coefficient (Wildman–Crippen LogP) is -0.301. The number of ether oxygens (including phenoxy) is 2. The zero-order valence-corrected chi connectivity index (χ0v) is 6.45. The fourth-order valence-electron chi connectivity index (χ4n) is 0.996. The van der Waals surface area contributed by atoms with E-state index in [2.05, 4.69) is 4.74 Å². The molecule has 11 heavy (non-hydrogen) atoms. The molecule has 0 radical (unpaired) electrons. The maximum Gasteiger partial charge on any atom is 0.302 e. The van der Waals surface area contributed by atoms with Crippen molar-refractivity contribution in [1.29, 1.82) is 0 Å². The van der Waals surface area contributed by atoms with Gasteiger partial charge in [-0.05, 0) is 6.42 Å². The molecule has 1 fully saturated rings. The van der Waals surface area contributed by atoms with E-state index in [1.165, 1.54) is 6.92 Å². The van der Waals surface area contributed by atoms with Gasteiger partial charge in [-0.2, -0.15) is 0 Å². The summed E-state index contributed by atoms with van der Waals surface area (Å²) < 4.78 is 9.76. The molecule has 0 aromatic heterocycles. The van der Waals surface area contributed by atoms with Crippen molar-refractivity contribution in [2.45, 2.75) is 25.6 Å². The molecule has 0 unspecified atom stereocenters. The predicted molar refractivity (Wildman–Crippen MR) is 37.0 cm³/mol. The van der Waals surface area contributed by atoms with Crippen LogP contribution in [0.25, 0.3) is 0 Å². The number of rotatable bonds is 2. The van der Waals surface area contributed by atoms with Crippen LogP contribution in [0, 0.1) is 0 Å². The van der Waals surface area contributed by atoms with Gasteiger partial charge in [0.05, 0.1) is 6.10 Å². The molecular weight excluding hydrogens is 148 g/mol. The summed E-state index contributed by atoms with van der Waals surface area (Å²) >= 11 is 0. The lowest BCUT2D eigenvalue weighted by Gasteiger charge is -2.12. The van der Waals surface area contributed by atoms with Gasteiger partial charge in [-0.3, -0.25) is 4.79 Å². The number of aliphatic hydroxyl groups is 1. The van der Waals surface area contributed by atoms with E-state index in [1.54, 1.807) is 0 Å². The molecule has 0 spiro atoms. The molecule has 1 heterocycles. The molecular formula is C7H12O4. The topological polar surface area (TPSA) is 55.8 Å². The highest BCUT2D eigenvalue weighted by Gasteiger charge is 2.26. The SMILES string of the molecule is CC(=O)OC[C@H]1OCC[C@H]1O. The van der Waals surface area contributed by atoms with Crippen LogP contribution in [-0.2, 0) is 14.3 Å². The Morgan fingerprint density at radius 3 is 3.00 bits per heavy atom. The van der Waals surface area contributed by atoms with Crippen molar-refractivity contribution in [2.75, 3.05) is 13.2 Å². The van der Waals surface area contributed by atoms with Gasteiger partial charge >= 0.3 is 5.97 Å². The Hall–Kier alpha value is -0.610. The van der Waals surface area contributed by atoms with Crippen molar-refractivity contribution >= 4 is 5.97 Å². The normalized spacial score (nSPS) is 30.4. The van der Waals surface area contributed by atoms with Crippen molar-refractivity contribution < 1.29 is 19.4 Å². The Kier molecular flexibility index (Phi) is 2.84. The van der Waals surface area contributed by atoms with Crippen LogP contribution < -0.4 is 0 Å². The highest BCUT2D eigenvalue weighted by Crippen LogP contribution is 2.13. The first-order valence-corrected chi connectivity index (χ1v) is 3.63. The number of hydrogen-bond acceptors (Lipinski definition) is 4. The quantitative estimate of drug-likeness (QED) is 0.563. The number of carbonyl (C=O) groups excluding carboxylic acids is 1. The van der Waals surface area contributed by atoms with Gasteiger partial charge in [0, 0.05) is 13.5 Å². The number of esters is 1. The molecule has 1 aliphatic rings. The van der Waals surface area contributed by atoms with Crippen LogP contribution in [0.1, 0.15) is 13.3 Å². The summed E-state index contributed by atoms with van der Waals surface area (Å²) in [7, 11) is 0. The van der Waals surface area contributed by atoms with Crippen LogP contribution >= 0.6 is 0 Å². The zero-order valence-electron chi connectivity index (χ0n) is 6.45. The molecule has 0 aromatic carbocycles. The average molecular weight is 160 g/mol. The van der Waals surface area contributed by atoms with Crippen LogP contribution in [0.4, 0.5) is 0 Å². The van der Waals surface area contributed by atoms with E-state index >= 15 is 0 Å². The second-order valence-electron chi connectivity index (χ2n) is 2.57. The number of carbonyl (C=O) groups is 1. The highest BCUT2D eigenvalue weighted by atomic mass is 16.6. The molecule has 1 aliphatic heterocycles. The zero-order chi connectivity index (χ0) is 8.27. The lowest BCUT2D eigenvalue weighted by atomic mass is 10.2. The van der Waals surface area contributed by atoms with E-state index in [-0.39, 0.29) is 18.7 Å². The van der Waals surface area contributed by atoms with Gasteiger partial charge in [0.25, 0.3) is 0 Å². The van der Waals surface area contributed by atoms with E-state index in [0.29, 0.717) is 13.0 Å². The smallest absolute Gasteiger partial charge is 0.302 e. The van der Waals surface area contributed by atoms with Crippen molar-refractivity contribution in [3.8, 4) is 0 Å². The molecule has 1 saturated heterocycles. The van der Waals surface area contributed by atoms with Gasteiger partial charge in [-0.15, -0.1) is 0 Å². The lowest BCUT2D eigenvalue weighted by Crippen LogP contribution is -2.27. The van der Waals surface area contributed by atoms with Crippen LogP contribution in [-0.4, -0.2) is 36.5 Å². The van der Waals surface area contributed by atoms with Gasteiger partial charge in [-0.1, -0.05) is 0 Å². The van der Waals surface area contributed by atoms with Crippen LogP contribution in [0.2, 0.25) is 0 Å². The summed E-state index contributed by atoms with van der Waals surface area (Å²) in [6.45, 7) is 2.05. The third kappa shape index (κ3) is 2.48. The molecule has 1 N–H and O–H groups in total. The maximum absolute atomic E-state index is 10.3. The average Bonchev–Trinajstić information content (AvgIpc) is 2.31. The minimum absolute atomic E-state index is 0.163. The molecule has 64 valence electrons. The summed E-state index contributed by atoms with van der Waals surface area (Å²) in [5, 5.41) is 9.19. The van der Waals surface area contributed by atoms with E-state index < -0.39 is 6.10 Å². The largest absolute Gasteiger partial charge is 0.463 e. The first-order chi connectivity index (χ1) is 5.20. The van der Waals surface area contributed by atoms with E-state index in [0.717, 1.165) is 0 Å². The van der Waals surface area contributed by atoms with Gasteiger partial charge in [0.2, 0.25) is 0 Å². The summed E-state index contributed by atoms with van der Waals surface area (Å²) in [4.78, 5) is 10.3. The number of hydrogen-bond donors (Lipinski definition) is 1. The molecule has 4 nitrogen and oxygen atoms in total. The lowest BCUT2D eigenvalue weighted by molar-refractivity contribution is -0.145. The minimum atomic E-state index is -0.477. The van der Waals surface area contributed by atoms with Crippen molar-refractivity contribution in [1.82, 2.24) is 0 Å². The molecule has 4 heteroatoms. The van der Waals surface area contributed by atoms with Gasteiger partial charge in [-0.25, -0.2) is 0 Å². The summed E-state index contributed by atoms with van der Waals surface area (Å²) in [5.74, 6) is -0.340. The minimum Gasteiger partial charge on any atom is -0.463 e. The monoisotopic (exact) mass is 160 g/mol. The molecule has 0 aromatic rings. The van der Waals surface area contributed by atoms with Gasteiger partial charge in [0.15, 0.2) is 0 Å². The summed E-state index contributed by atoms with van der Waals surface area (Å²) in [6.07, 6.45) is -0.167. The van der Waals surface area contributed by atoms with Crippen molar-refractivity contribution in [2.24, 2.45) is 0 Å². The van der Waals surface area contributed by atoms with Crippen molar-refractivity contribution in [3.05, 3.63) is 0 Å². The fraction of sp³-hybridized carbons (Fsp3) is 0.857. The molecule has 1 rings (SSSR count). The Labute approximate surface area is 65.1 Å². The first-order valence-electron chi connectivity index (χ1n) is 3.63. The molecule has 0 saturated carbocycles. The van der Waals surface area contributed by atoms with Crippen LogP contribution in [0.3, 0.4) is 0 Å². The third-order valence-corrected chi connectivity index (χ3v) is 1.63. The molecule has 2 atom stereocenters. The van der Waals surface area contributed by atoms with Crippen molar-refractivity contribution in [3.63, 3.8) is 0 Å². The Balaban J connectivity index is 2.20. The second kappa shape index (κ2) is 3.69. The van der Waals surface area contributed by atoms with E-state index in [1.807, 2.05) is 0 Å². The second-order valence-corrected chi connectivity index (χ2v) is 2.57. The number of aliphatic hydroxyl groups excluding tert-OH is 1. The molecule has 0 amide bonds. The van der Waals surface area contributed by atoms with Crippen LogP contribution in [0.5, 0.6) is 0 Å². The highest BCUT2D eigenvalue weighted by molar-refractivity contribution is 5.65. The van der Waals surface area contributed by atoms with E-state index in [4.69, 9.17) is 4.74 Å². The third-order valence-electron chi connectivity index (χ3n) is 1.63. The molecule has 0 bridgehead atoms. The van der Waals surface area contributed by atoms with Crippen LogP contribution in [0.15, 0.2) is 0 Å². The van der Waals surface area contributed by atoms with E-state index in [9.17, 15) is 9.90 Å². The Morgan fingerprint density at radius 1 is 1.82 bits per heavy atom. The summed E-state index contributed by atoms with van der Waals surface area (Å²) in [5.41, 5.74) is 0. The Bertz CT molecular complexity index is 145.